The van der Waals surface area contributed by atoms with Crippen LogP contribution < -0.4 is 5.32 Å². The van der Waals surface area contributed by atoms with E-state index in [0.717, 1.165) is 49.6 Å². The van der Waals surface area contributed by atoms with Gasteiger partial charge in [0.1, 0.15) is 5.69 Å². The van der Waals surface area contributed by atoms with Crippen molar-refractivity contribution in [2.24, 2.45) is 0 Å². The monoisotopic (exact) mass is 326 g/mol. The molecule has 0 amide bonds. The van der Waals surface area contributed by atoms with Crippen molar-refractivity contribution in [1.82, 2.24) is 25.1 Å². The number of aromatic nitrogens is 4. The molecule has 124 valence electrons. The smallest absolute Gasteiger partial charge is 0.350 e. The van der Waals surface area contributed by atoms with Crippen LogP contribution in [0.1, 0.15) is 23.4 Å². The van der Waals surface area contributed by atoms with E-state index in [0.29, 0.717) is 0 Å². The van der Waals surface area contributed by atoms with Crippen LogP contribution >= 0.6 is 0 Å². The quantitative estimate of drug-likeness (QED) is 0.901. The van der Waals surface area contributed by atoms with Gasteiger partial charge in [-0.1, -0.05) is 0 Å². The number of H-pyrrole nitrogens is 1. The van der Waals surface area contributed by atoms with Crippen LogP contribution in [0.3, 0.4) is 0 Å². The van der Waals surface area contributed by atoms with Crippen molar-refractivity contribution < 1.29 is 13.2 Å². The van der Waals surface area contributed by atoms with Gasteiger partial charge >= 0.3 is 6.18 Å². The third-order valence-corrected chi connectivity index (χ3v) is 3.88. The Bertz CT molecular complexity index is 669. The Hall–Kier alpha value is -2.16. The zero-order valence-corrected chi connectivity index (χ0v) is 12.6. The van der Waals surface area contributed by atoms with Crippen molar-refractivity contribution in [2.75, 3.05) is 18.4 Å². The van der Waals surface area contributed by atoms with Crippen molar-refractivity contribution >= 4 is 5.95 Å². The fraction of sp³-hybridized carbons (Fsp3) is 0.500. The normalized spacial score (nSPS) is 19.2. The zero-order valence-electron chi connectivity index (χ0n) is 12.6. The first-order valence-corrected chi connectivity index (χ1v) is 7.30. The Morgan fingerprint density at radius 2 is 2.26 bits per heavy atom. The summed E-state index contributed by atoms with van der Waals surface area (Å²) in [7, 11) is 0. The highest BCUT2D eigenvalue weighted by molar-refractivity contribution is 5.28. The van der Waals surface area contributed by atoms with E-state index in [1.807, 2.05) is 6.92 Å². The summed E-state index contributed by atoms with van der Waals surface area (Å²) >= 11 is 0. The maximum atomic E-state index is 12.7. The Morgan fingerprint density at radius 3 is 2.96 bits per heavy atom. The molecule has 6 nitrogen and oxygen atoms in total. The average Bonchev–Trinajstić information content (AvgIpc) is 3.09. The van der Waals surface area contributed by atoms with Crippen LogP contribution in [0.25, 0.3) is 0 Å². The molecule has 1 aliphatic rings. The summed E-state index contributed by atoms with van der Waals surface area (Å²) in [6.45, 7) is 4.32. The van der Waals surface area contributed by atoms with E-state index >= 15 is 0 Å². The fourth-order valence-corrected chi connectivity index (χ4v) is 2.64. The molecule has 2 aromatic heterocycles. The third kappa shape index (κ3) is 3.79. The predicted octanol–water partition coefficient (Wildman–Crippen LogP) is 2.21. The summed E-state index contributed by atoms with van der Waals surface area (Å²) in [5, 5.41) is 9.87. The van der Waals surface area contributed by atoms with Crippen molar-refractivity contribution in [1.29, 1.82) is 0 Å². The van der Waals surface area contributed by atoms with Gasteiger partial charge < -0.3 is 5.32 Å². The highest BCUT2D eigenvalue weighted by atomic mass is 19.4. The van der Waals surface area contributed by atoms with Crippen LogP contribution in [-0.4, -0.2) is 44.2 Å². The lowest BCUT2D eigenvalue weighted by Gasteiger charge is -2.16. The molecule has 2 aromatic rings. The minimum absolute atomic E-state index is 0.0196. The summed E-state index contributed by atoms with van der Waals surface area (Å²) in [4.78, 5) is 9.64. The molecule has 0 saturated carbocycles. The third-order valence-electron chi connectivity index (χ3n) is 3.88. The topological polar surface area (TPSA) is 69.7 Å². The van der Waals surface area contributed by atoms with Gasteiger partial charge in [-0.05, 0) is 19.4 Å². The minimum Gasteiger partial charge on any atom is -0.350 e. The molecule has 2 N–H and O–H groups in total. The van der Waals surface area contributed by atoms with Crippen molar-refractivity contribution in [3.8, 4) is 0 Å². The van der Waals surface area contributed by atoms with Gasteiger partial charge in [0.05, 0.1) is 6.20 Å². The van der Waals surface area contributed by atoms with Gasteiger partial charge in [0, 0.05) is 43.1 Å². The first-order chi connectivity index (χ1) is 10.9. The number of hydrogen-bond donors (Lipinski definition) is 2. The first-order valence-electron chi connectivity index (χ1n) is 7.30. The molecular weight excluding hydrogens is 309 g/mol. The van der Waals surface area contributed by atoms with Gasteiger partial charge in [0.15, 0.2) is 0 Å². The molecule has 0 aliphatic carbocycles. The lowest BCUT2D eigenvalue weighted by Crippen LogP contribution is -2.27. The second-order valence-corrected chi connectivity index (χ2v) is 5.65. The zero-order chi connectivity index (χ0) is 16.4. The number of hydrogen-bond acceptors (Lipinski definition) is 5. The molecule has 0 spiro atoms. The Kier molecular flexibility index (Phi) is 4.20. The van der Waals surface area contributed by atoms with E-state index in [1.165, 1.54) is 0 Å². The Balaban J connectivity index is 1.59. The van der Waals surface area contributed by atoms with Crippen LogP contribution in [-0.2, 0) is 12.7 Å². The number of anilines is 1. The van der Waals surface area contributed by atoms with E-state index < -0.39 is 11.9 Å². The van der Waals surface area contributed by atoms with E-state index in [4.69, 9.17) is 0 Å². The standard InChI is InChI=1S/C14H17F3N6/c1-9-10(6-19-22-9)7-23-5-3-11(8-23)20-13-18-4-2-12(21-13)14(15,16)17/h2,4,6,11H,3,5,7-8H2,1H3,(H,19,22)(H,18,20,21). The Labute approximate surface area is 131 Å². The number of aryl methyl sites for hydroxylation is 1. The number of alkyl halides is 3. The summed E-state index contributed by atoms with van der Waals surface area (Å²) < 4.78 is 38.0. The van der Waals surface area contributed by atoms with E-state index in [9.17, 15) is 13.2 Å². The highest BCUT2D eigenvalue weighted by Crippen LogP contribution is 2.27. The summed E-state index contributed by atoms with van der Waals surface area (Å²) in [5.41, 5.74) is 1.22. The molecule has 0 radical (unpaired) electrons. The van der Waals surface area contributed by atoms with Gasteiger partial charge in [-0.25, -0.2) is 9.97 Å². The average molecular weight is 326 g/mol. The molecule has 1 fully saturated rings. The van der Waals surface area contributed by atoms with Crippen molar-refractivity contribution in [2.45, 2.75) is 32.1 Å². The second kappa shape index (κ2) is 6.15. The highest BCUT2D eigenvalue weighted by Gasteiger charge is 2.33. The lowest BCUT2D eigenvalue weighted by atomic mass is 10.2. The molecule has 1 unspecified atom stereocenters. The van der Waals surface area contributed by atoms with Gasteiger partial charge in [0.2, 0.25) is 5.95 Å². The number of nitrogens with one attached hydrogen (secondary N) is 2. The summed E-state index contributed by atoms with van der Waals surface area (Å²) in [5.74, 6) is 0.0196. The minimum atomic E-state index is -4.46. The number of likely N-dealkylation sites (tertiary alicyclic amines) is 1. The van der Waals surface area contributed by atoms with Crippen molar-refractivity contribution in [3.63, 3.8) is 0 Å². The Morgan fingerprint density at radius 1 is 1.43 bits per heavy atom. The molecule has 9 heteroatoms. The van der Waals surface area contributed by atoms with Crippen LogP contribution in [0.2, 0.25) is 0 Å². The summed E-state index contributed by atoms with van der Waals surface area (Å²) in [6.07, 6.45) is -0.706. The van der Waals surface area contributed by atoms with E-state index in [1.54, 1.807) is 6.20 Å². The maximum Gasteiger partial charge on any atom is 0.433 e. The number of nitrogens with zero attached hydrogens (tertiary/aromatic N) is 4. The van der Waals surface area contributed by atoms with Gasteiger partial charge in [-0.3, -0.25) is 10.00 Å². The molecule has 1 aliphatic heterocycles. The van der Waals surface area contributed by atoms with Crippen LogP contribution in [0.5, 0.6) is 0 Å². The first kappa shape index (κ1) is 15.7. The van der Waals surface area contributed by atoms with Gasteiger partial charge in [-0.2, -0.15) is 18.3 Å². The van der Waals surface area contributed by atoms with E-state index in [2.05, 4.69) is 30.4 Å². The van der Waals surface area contributed by atoms with Crippen LogP contribution in [0, 0.1) is 6.92 Å². The van der Waals surface area contributed by atoms with Crippen LogP contribution in [0.4, 0.5) is 19.1 Å². The lowest BCUT2D eigenvalue weighted by molar-refractivity contribution is -0.141. The number of halogens is 3. The summed E-state index contributed by atoms with van der Waals surface area (Å²) in [6, 6.07) is 0.902. The van der Waals surface area contributed by atoms with Gasteiger partial charge in [-0.15, -0.1) is 0 Å². The maximum absolute atomic E-state index is 12.7. The van der Waals surface area contributed by atoms with Gasteiger partial charge in [0.25, 0.3) is 0 Å². The SMILES string of the molecule is Cc1[nH]ncc1CN1CCC(Nc2nccc(C(F)(F)F)n2)C1. The largest absolute Gasteiger partial charge is 0.433 e. The molecule has 23 heavy (non-hydrogen) atoms. The fourth-order valence-electron chi connectivity index (χ4n) is 2.64. The molecule has 0 aromatic carbocycles. The molecule has 3 rings (SSSR count). The molecule has 1 atom stereocenters. The molecule has 1 saturated heterocycles. The molecular formula is C14H17F3N6. The van der Waals surface area contributed by atoms with Crippen LogP contribution in [0.15, 0.2) is 18.5 Å². The van der Waals surface area contributed by atoms with E-state index in [-0.39, 0.29) is 12.0 Å². The van der Waals surface area contributed by atoms with Crippen molar-refractivity contribution in [3.05, 3.63) is 35.4 Å². The number of rotatable bonds is 4. The number of aromatic amines is 1. The second-order valence-electron chi connectivity index (χ2n) is 5.65. The predicted molar refractivity (Wildman–Crippen MR) is 77.7 cm³/mol. The molecule has 3 heterocycles. The molecule has 0 bridgehead atoms.